The fraction of sp³-hybridized carbons (Fsp3) is 0.0500. The van der Waals surface area contributed by atoms with Gasteiger partial charge in [-0.3, -0.25) is 4.79 Å². The van der Waals surface area contributed by atoms with Crippen LogP contribution in [0.15, 0.2) is 78.9 Å². The zero-order chi connectivity index (χ0) is 16.8. The fourth-order valence-electron chi connectivity index (χ4n) is 2.29. The lowest BCUT2D eigenvalue weighted by Gasteiger charge is -2.10. The van der Waals surface area contributed by atoms with Crippen molar-refractivity contribution >= 4 is 11.6 Å². The zero-order valence-electron chi connectivity index (χ0n) is 13.2. The molecule has 4 nitrogen and oxygen atoms in total. The first-order chi connectivity index (χ1) is 11.8. The minimum Gasteiger partial charge on any atom is -0.496 e. The summed E-state index contributed by atoms with van der Waals surface area (Å²) in [4.78, 5) is 12.4. The Kier molecular flexibility index (Phi) is 4.77. The van der Waals surface area contributed by atoms with Gasteiger partial charge in [0.25, 0.3) is 5.91 Å². The first-order valence-electron chi connectivity index (χ1n) is 7.53. The highest BCUT2D eigenvalue weighted by atomic mass is 16.5. The van der Waals surface area contributed by atoms with Crippen LogP contribution in [-0.4, -0.2) is 13.0 Å². The standard InChI is InChI=1S/C20H17NO3/c1-23-19-13-6-5-12-18(19)20(22)21-15-8-7-11-17(14-15)24-16-9-3-2-4-10-16/h2-14H,1H3,(H,21,22). The molecule has 0 saturated carbocycles. The number of para-hydroxylation sites is 2. The number of hydrogen-bond acceptors (Lipinski definition) is 3. The lowest BCUT2D eigenvalue weighted by atomic mass is 10.2. The summed E-state index contributed by atoms with van der Waals surface area (Å²) in [5.74, 6) is 1.70. The summed E-state index contributed by atoms with van der Waals surface area (Å²) in [5, 5.41) is 2.86. The summed E-state index contributed by atoms with van der Waals surface area (Å²) in [7, 11) is 1.54. The molecule has 0 fully saturated rings. The summed E-state index contributed by atoms with van der Waals surface area (Å²) < 4.78 is 11.0. The van der Waals surface area contributed by atoms with Crippen LogP contribution in [0.4, 0.5) is 5.69 Å². The Morgan fingerprint density at radius 2 is 1.54 bits per heavy atom. The fourth-order valence-corrected chi connectivity index (χ4v) is 2.29. The number of rotatable bonds is 5. The number of amides is 1. The Morgan fingerprint density at radius 3 is 2.33 bits per heavy atom. The van der Waals surface area contributed by atoms with E-state index in [0.29, 0.717) is 22.7 Å². The normalized spacial score (nSPS) is 10.0. The molecule has 3 aromatic rings. The molecular formula is C20H17NO3. The maximum Gasteiger partial charge on any atom is 0.259 e. The van der Waals surface area contributed by atoms with Crippen molar-refractivity contribution in [1.29, 1.82) is 0 Å². The third-order valence-corrected chi connectivity index (χ3v) is 3.42. The summed E-state index contributed by atoms with van der Waals surface area (Å²) in [6.07, 6.45) is 0. The molecule has 0 radical (unpaired) electrons. The van der Waals surface area contributed by atoms with Crippen molar-refractivity contribution in [3.8, 4) is 17.2 Å². The average Bonchev–Trinajstić information content (AvgIpc) is 2.63. The van der Waals surface area contributed by atoms with Crippen LogP contribution in [0.2, 0.25) is 0 Å². The lowest BCUT2D eigenvalue weighted by Crippen LogP contribution is -2.13. The first kappa shape index (κ1) is 15.6. The summed E-state index contributed by atoms with van der Waals surface area (Å²) >= 11 is 0. The monoisotopic (exact) mass is 319 g/mol. The van der Waals surface area contributed by atoms with E-state index in [-0.39, 0.29) is 5.91 Å². The number of anilines is 1. The van der Waals surface area contributed by atoms with Crippen LogP contribution < -0.4 is 14.8 Å². The van der Waals surface area contributed by atoms with Gasteiger partial charge in [-0.2, -0.15) is 0 Å². The second-order valence-corrected chi connectivity index (χ2v) is 5.10. The lowest BCUT2D eigenvalue weighted by molar-refractivity contribution is 0.102. The van der Waals surface area contributed by atoms with Crippen LogP contribution in [0.5, 0.6) is 17.2 Å². The van der Waals surface area contributed by atoms with Crippen LogP contribution in [0, 0.1) is 0 Å². The van der Waals surface area contributed by atoms with E-state index in [2.05, 4.69) is 5.32 Å². The van der Waals surface area contributed by atoms with Crippen LogP contribution in [-0.2, 0) is 0 Å². The summed E-state index contributed by atoms with van der Waals surface area (Å²) in [6.45, 7) is 0. The molecule has 0 heterocycles. The van der Waals surface area contributed by atoms with Crippen LogP contribution in [0.1, 0.15) is 10.4 Å². The highest BCUT2D eigenvalue weighted by Gasteiger charge is 2.11. The van der Waals surface area contributed by atoms with Crippen molar-refractivity contribution in [2.75, 3.05) is 12.4 Å². The highest BCUT2D eigenvalue weighted by molar-refractivity contribution is 6.06. The van der Waals surface area contributed by atoms with E-state index >= 15 is 0 Å². The van der Waals surface area contributed by atoms with Gasteiger partial charge in [-0.1, -0.05) is 36.4 Å². The molecule has 3 aromatic carbocycles. The summed E-state index contributed by atoms with van der Waals surface area (Å²) in [6, 6.07) is 23.8. The Balaban J connectivity index is 1.76. The van der Waals surface area contributed by atoms with Gasteiger partial charge in [-0.25, -0.2) is 0 Å². The van der Waals surface area contributed by atoms with Crippen LogP contribution in [0.3, 0.4) is 0 Å². The van der Waals surface area contributed by atoms with Gasteiger partial charge >= 0.3 is 0 Å². The van der Waals surface area contributed by atoms with Crippen molar-refractivity contribution in [2.45, 2.75) is 0 Å². The number of nitrogens with one attached hydrogen (secondary N) is 1. The van der Waals surface area contributed by atoms with Gasteiger partial charge in [0.15, 0.2) is 0 Å². The van der Waals surface area contributed by atoms with E-state index in [9.17, 15) is 4.79 Å². The Morgan fingerprint density at radius 1 is 0.833 bits per heavy atom. The highest BCUT2D eigenvalue weighted by Crippen LogP contribution is 2.25. The van der Waals surface area contributed by atoms with Crippen molar-refractivity contribution in [1.82, 2.24) is 0 Å². The minimum atomic E-state index is -0.232. The topological polar surface area (TPSA) is 47.6 Å². The van der Waals surface area contributed by atoms with Crippen LogP contribution in [0.25, 0.3) is 0 Å². The molecule has 1 N–H and O–H groups in total. The van der Waals surface area contributed by atoms with E-state index in [1.807, 2.05) is 54.6 Å². The SMILES string of the molecule is COc1ccccc1C(=O)Nc1cccc(Oc2ccccc2)c1. The number of methoxy groups -OCH3 is 1. The summed E-state index contributed by atoms with van der Waals surface area (Å²) in [5.41, 5.74) is 1.13. The maximum atomic E-state index is 12.4. The third-order valence-electron chi connectivity index (χ3n) is 3.42. The van der Waals surface area contributed by atoms with Gasteiger partial charge < -0.3 is 14.8 Å². The molecule has 0 aliphatic rings. The van der Waals surface area contributed by atoms with E-state index in [4.69, 9.17) is 9.47 Å². The molecule has 0 atom stereocenters. The molecule has 1 amide bonds. The molecule has 0 aliphatic heterocycles. The molecule has 3 rings (SSSR count). The zero-order valence-corrected chi connectivity index (χ0v) is 13.2. The minimum absolute atomic E-state index is 0.232. The number of hydrogen-bond donors (Lipinski definition) is 1. The van der Waals surface area contributed by atoms with Gasteiger partial charge in [0.05, 0.1) is 12.7 Å². The van der Waals surface area contributed by atoms with Crippen molar-refractivity contribution in [2.24, 2.45) is 0 Å². The van der Waals surface area contributed by atoms with Gasteiger partial charge in [0.1, 0.15) is 17.2 Å². The third kappa shape index (κ3) is 3.73. The van der Waals surface area contributed by atoms with Gasteiger partial charge in [0.2, 0.25) is 0 Å². The second-order valence-electron chi connectivity index (χ2n) is 5.10. The first-order valence-corrected chi connectivity index (χ1v) is 7.53. The predicted octanol–water partition coefficient (Wildman–Crippen LogP) is 4.74. The molecule has 24 heavy (non-hydrogen) atoms. The Labute approximate surface area is 140 Å². The van der Waals surface area contributed by atoms with E-state index in [0.717, 1.165) is 5.75 Å². The number of carbonyl (C=O) groups excluding carboxylic acids is 1. The maximum absolute atomic E-state index is 12.4. The van der Waals surface area contributed by atoms with E-state index in [1.165, 1.54) is 0 Å². The average molecular weight is 319 g/mol. The smallest absolute Gasteiger partial charge is 0.259 e. The van der Waals surface area contributed by atoms with E-state index < -0.39 is 0 Å². The largest absolute Gasteiger partial charge is 0.496 e. The number of ether oxygens (including phenoxy) is 2. The van der Waals surface area contributed by atoms with Gasteiger partial charge in [-0.05, 0) is 36.4 Å². The number of carbonyl (C=O) groups is 1. The van der Waals surface area contributed by atoms with E-state index in [1.54, 1.807) is 31.4 Å². The second kappa shape index (κ2) is 7.33. The Bertz CT molecular complexity index is 831. The molecule has 0 bridgehead atoms. The van der Waals surface area contributed by atoms with Crippen molar-refractivity contribution in [3.05, 3.63) is 84.4 Å². The molecule has 0 spiro atoms. The molecule has 0 saturated heterocycles. The van der Waals surface area contributed by atoms with Crippen LogP contribution >= 0.6 is 0 Å². The molecule has 0 aliphatic carbocycles. The van der Waals surface area contributed by atoms with Crippen molar-refractivity contribution in [3.63, 3.8) is 0 Å². The van der Waals surface area contributed by atoms with Gasteiger partial charge in [-0.15, -0.1) is 0 Å². The molecular weight excluding hydrogens is 302 g/mol. The molecule has 0 unspecified atom stereocenters. The van der Waals surface area contributed by atoms with Gasteiger partial charge in [0, 0.05) is 11.8 Å². The number of benzene rings is 3. The molecule has 4 heteroatoms. The predicted molar refractivity (Wildman–Crippen MR) is 93.9 cm³/mol. The Hall–Kier alpha value is -3.27. The molecule has 120 valence electrons. The quantitative estimate of drug-likeness (QED) is 0.739. The molecule has 0 aromatic heterocycles. The van der Waals surface area contributed by atoms with Crippen molar-refractivity contribution < 1.29 is 14.3 Å².